The molecule has 0 aromatic heterocycles. The molecule has 2 aromatic rings. The minimum Gasteiger partial charge on any atom is -0.496 e. The fraction of sp³-hybridized carbons (Fsp3) is 0.0588. The Kier molecular flexibility index (Phi) is 4.69. The fourth-order valence-electron chi connectivity index (χ4n) is 2.06. The number of hydrogen-bond acceptors (Lipinski definition) is 4. The minimum atomic E-state index is -0.188. The van der Waals surface area contributed by atoms with Gasteiger partial charge in [-0.3, -0.25) is 4.79 Å². The maximum Gasteiger partial charge on any atom is 0.264 e. The number of aliphatic imine (C=N–C) groups is 1. The lowest BCUT2D eigenvalue weighted by Crippen LogP contribution is -2.19. The Morgan fingerprint density at radius 3 is 2.70 bits per heavy atom. The number of rotatable bonds is 3. The van der Waals surface area contributed by atoms with Crippen molar-refractivity contribution in [1.82, 2.24) is 5.32 Å². The molecule has 23 heavy (non-hydrogen) atoms. The Morgan fingerprint density at radius 2 is 1.91 bits per heavy atom. The van der Waals surface area contributed by atoms with Crippen LogP contribution >= 0.6 is 23.4 Å². The van der Waals surface area contributed by atoms with Gasteiger partial charge < -0.3 is 10.1 Å². The number of halogens is 1. The zero-order chi connectivity index (χ0) is 16.2. The van der Waals surface area contributed by atoms with Gasteiger partial charge in [-0.15, -0.1) is 0 Å². The smallest absolute Gasteiger partial charge is 0.264 e. The number of para-hydroxylation sites is 2. The molecule has 1 aliphatic heterocycles. The summed E-state index contributed by atoms with van der Waals surface area (Å²) in [6.07, 6.45) is 1.79. The van der Waals surface area contributed by atoms with Gasteiger partial charge in [-0.1, -0.05) is 41.9 Å². The van der Waals surface area contributed by atoms with Crippen LogP contribution in [-0.2, 0) is 4.79 Å². The van der Waals surface area contributed by atoms with Gasteiger partial charge in [0.2, 0.25) is 0 Å². The van der Waals surface area contributed by atoms with Gasteiger partial charge >= 0.3 is 0 Å². The van der Waals surface area contributed by atoms with Gasteiger partial charge in [0, 0.05) is 5.56 Å². The van der Waals surface area contributed by atoms with Crippen LogP contribution < -0.4 is 10.1 Å². The highest BCUT2D eigenvalue weighted by Gasteiger charge is 2.24. The molecule has 116 valence electrons. The third-order valence-electron chi connectivity index (χ3n) is 3.15. The Morgan fingerprint density at radius 1 is 1.17 bits per heavy atom. The van der Waals surface area contributed by atoms with E-state index in [2.05, 4.69) is 10.3 Å². The fourth-order valence-corrected chi connectivity index (χ4v) is 3.06. The van der Waals surface area contributed by atoms with E-state index in [1.807, 2.05) is 36.4 Å². The molecular weight excluding hydrogens is 332 g/mol. The molecule has 0 aliphatic carbocycles. The number of benzene rings is 2. The molecule has 0 spiro atoms. The van der Waals surface area contributed by atoms with Crippen molar-refractivity contribution in [2.75, 3.05) is 7.11 Å². The van der Waals surface area contributed by atoms with Crippen molar-refractivity contribution in [1.29, 1.82) is 0 Å². The van der Waals surface area contributed by atoms with Crippen molar-refractivity contribution < 1.29 is 9.53 Å². The van der Waals surface area contributed by atoms with Crippen molar-refractivity contribution in [2.24, 2.45) is 4.99 Å². The van der Waals surface area contributed by atoms with Gasteiger partial charge in [0.05, 0.1) is 22.7 Å². The average molecular weight is 345 g/mol. The van der Waals surface area contributed by atoms with Crippen LogP contribution in [0, 0.1) is 0 Å². The SMILES string of the molecule is COc1ccccc1C=C1SC(=Nc2ccccc2Cl)NC1=O. The molecule has 1 heterocycles. The van der Waals surface area contributed by atoms with E-state index < -0.39 is 0 Å². The number of methoxy groups -OCH3 is 1. The topological polar surface area (TPSA) is 50.7 Å². The molecule has 2 aromatic carbocycles. The Hall–Kier alpha value is -2.24. The molecule has 1 amide bonds. The van der Waals surface area contributed by atoms with Crippen molar-refractivity contribution in [2.45, 2.75) is 0 Å². The summed E-state index contributed by atoms with van der Waals surface area (Å²) >= 11 is 7.36. The standard InChI is InChI=1S/C17H13ClN2O2S/c1-22-14-9-5-2-6-11(14)10-15-16(21)20-17(23-15)19-13-8-4-3-7-12(13)18/h2-10H,1H3,(H,19,20,21). The van der Waals surface area contributed by atoms with E-state index in [1.54, 1.807) is 25.3 Å². The third-order valence-corrected chi connectivity index (χ3v) is 4.38. The number of hydrogen-bond donors (Lipinski definition) is 1. The van der Waals surface area contributed by atoms with E-state index in [1.165, 1.54) is 11.8 Å². The molecule has 0 unspecified atom stereocenters. The van der Waals surface area contributed by atoms with E-state index in [4.69, 9.17) is 16.3 Å². The summed E-state index contributed by atoms with van der Waals surface area (Å²) in [6.45, 7) is 0. The normalized spacial score (nSPS) is 17.6. The van der Waals surface area contributed by atoms with E-state index >= 15 is 0 Å². The van der Waals surface area contributed by atoms with Crippen LogP contribution in [0.2, 0.25) is 5.02 Å². The molecule has 1 fully saturated rings. The van der Waals surface area contributed by atoms with Crippen LogP contribution in [0.3, 0.4) is 0 Å². The second-order valence-corrected chi connectivity index (χ2v) is 6.11. The first kappa shape index (κ1) is 15.6. The first-order valence-corrected chi connectivity index (χ1v) is 8.04. The van der Waals surface area contributed by atoms with Gasteiger partial charge in [0.1, 0.15) is 5.75 Å². The third kappa shape index (κ3) is 3.57. The van der Waals surface area contributed by atoms with Gasteiger partial charge in [-0.25, -0.2) is 4.99 Å². The van der Waals surface area contributed by atoms with Crippen molar-refractivity contribution in [3.05, 3.63) is 64.0 Å². The molecule has 0 bridgehead atoms. The van der Waals surface area contributed by atoms with Crippen molar-refractivity contribution in [3.8, 4) is 5.75 Å². The maximum absolute atomic E-state index is 12.1. The summed E-state index contributed by atoms with van der Waals surface area (Å²) in [5.41, 5.74) is 1.46. The molecule has 0 atom stereocenters. The molecule has 3 rings (SSSR count). The summed E-state index contributed by atoms with van der Waals surface area (Å²) in [6, 6.07) is 14.7. The first-order chi connectivity index (χ1) is 11.2. The lowest BCUT2D eigenvalue weighted by atomic mass is 10.2. The predicted molar refractivity (Wildman–Crippen MR) is 95.3 cm³/mol. The molecule has 1 N–H and O–H groups in total. The summed E-state index contributed by atoms with van der Waals surface area (Å²) in [4.78, 5) is 17.1. The van der Waals surface area contributed by atoms with Crippen LogP contribution in [0.4, 0.5) is 5.69 Å². The van der Waals surface area contributed by atoms with E-state index in [-0.39, 0.29) is 5.91 Å². The lowest BCUT2D eigenvalue weighted by Gasteiger charge is -2.03. The average Bonchev–Trinajstić information content (AvgIpc) is 2.90. The highest BCUT2D eigenvalue weighted by Crippen LogP contribution is 2.32. The number of nitrogens with one attached hydrogen (secondary N) is 1. The number of amides is 1. The number of nitrogens with zero attached hydrogens (tertiary/aromatic N) is 1. The number of ether oxygens (including phenoxy) is 1. The Labute approximate surface area is 143 Å². The molecule has 0 saturated carbocycles. The van der Waals surface area contributed by atoms with E-state index in [0.717, 1.165) is 5.56 Å². The van der Waals surface area contributed by atoms with Crippen molar-refractivity contribution in [3.63, 3.8) is 0 Å². The number of carbonyl (C=O) groups is 1. The maximum atomic E-state index is 12.1. The van der Waals surface area contributed by atoms with Crippen LogP contribution in [0.15, 0.2) is 58.4 Å². The van der Waals surface area contributed by atoms with E-state index in [9.17, 15) is 4.79 Å². The summed E-state index contributed by atoms with van der Waals surface area (Å²) in [5.74, 6) is 0.525. The molecule has 0 radical (unpaired) electrons. The summed E-state index contributed by atoms with van der Waals surface area (Å²) in [7, 11) is 1.60. The minimum absolute atomic E-state index is 0.188. The Bertz CT molecular complexity index is 818. The van der Waals surface area contributed by atoms with Gasteiger partial charge in [-0.2, -0.15) is 0 Å². The second-order valence-electron chi connectivity index (χ2n) is 4.68. The number of thioether (sulfide) groups is 1. The highest BCUT2D eigenvalue weighted by molar-refractivity contribution is 8.18. The highest BCUT2D eigenvalue weighted by atomic mass is 35.5. The zero-order valence-corrected chi connectivity index (χ0v) is 13.8. The molecule has 1 aliphatic rings. The number of carbonyl (C=O) groups excluding carboxylic acids is 1. The predicted octanol–water partition coefficient (Wildman–Crippen LogP) is 4.24. The Balaban J connectivity index is 1.88. The summed E-state index contributed by atoms with van der Waals surface area (Å²) < 4.78 is 5.30. The monoisotopic (exact) mass is 344 g/mol. The van der Waals surface area contributed by atoms with E-state index in [0.29, 0.717) is 26.5 Å². The van der Waals surface area contributed by atoms with Crippen LogP contribution in [0.1, 0.15) is 5.56 Å². The molecule has 4 nitrogen and oxygen atoms in total. The summed E-state index contributed by atoms with van der Waals surface area (Å²) in [5, 5.41) is 3.79. The van der Waals surface area contributed by atoms with Gasteiger partial charge in [0.25, 0.3) is 5.91 Å². The quantitative estimate of drug-likeness (QED) is 0.847. The molecule has 6 heteroatoms. The van der Waals surface area contributed by atoms with Crippen molar-refractivity contribution >= 4 is 46.2 Å². The van der Waals surface area contributed by atoms with Crippen LogP contribution in [-0.4, -0.2) is 18.2 Å². The molecule has 1 saturated heterocycles. The van der Waals surface area contributed by atoms with Crippen LogP contribution in [0.5, 0.6) is 5.75 Å². The van der Waals surface area contributed by atoms with Crippen LogP contribution in [0.25, 0.3) is 6.08 Å². The zero-order valence-electron chi connectivity index (χ0n) is 12.2. The number of amidine groups is 1. The van der Waals surface area contributed by atoms with Gasteiger partial charge in [0.15, 0.2) is 5.17 Å². The second kappa shape index (κ2) is 6.89. The lowest BCUT2D eigenvalue weighted by molar-refractivity contribution is -0.115. The molecular formula is C17H13ClN2O2S. The van der Waals surface area contributed by atoms with Gasteiger partial charge in [-0.05, 0) is 36.0 Å². The first-order valence-electron chi connectivity index (χ1n) is 6.84. The largest absolute Gasteiger partial charge is 0.496 e.